The molecule has 2 aromatic rings. The number of carboxylic acids is 1. The van der Waals surface area contributed by atoms with Crippen molar-refractivity contribution >= 4 is 11.8 Å². The van der Waals surface area contributed by atoms with E-state index in [2.05, 4.69) is 0 Å². The summed E-state index contributed by atoms with van der Waals surface area (Å²) in [7, 11) is 0. The summed E-state index contributed by atoms with van der Waals surface area (Å²) in [6, 6.07) is 8.91. The second-order valence-electron chi connectivity index (χ2n) is 5.44. The van der Waals surface area contributed by atoms with E-state index in [1.165, 1.54) is 24.3 Å². The minimum absolute atomic E-state index is 0.0265. The Bertz CT molecular complexity index is 765. The van der Waals surface area contributed by atoms with E-state index in [0.717, 1.165) is 18.4 Å². The minimum Gasteiger partial charge on any atom is -0.478 e. The van der Waals surface area contributed by atoms with Crippen molar-refractivity contribution < 1.29 is 19.1 Å². The van der Waals surface area contributed by atoms with E-state index < -0.39 is 5.97 Å². The number of fused-ring (bicyclic) bond motifs is 1. The zero-order valence-corrected chi connectivity index (χ0v) is 11.9. The highest BCUT2D eigenvalue weighted by atomic mass is 19.1. The lowest BCUT2D eigenvalue weighted by molar-refractivity contribution is 0.0692. The predicted octanol–water partition coefficient (Wildman–Crippen LogP) is 3.63. The Balaban J connectivity index is 2.13. The van der Waals surface area contributed by atoms with Gasteiger partial charge in [0.15, 0.2) is 5.78 Å². The summed E-state index contributed by atoms with van der Waals surface area (Å²) in [6.07, 6.45) is 3.11. The summed E-state index contributed by atoms with van der Waals surface area (Å²) in [5, 5.41) is 9.23. The molecule has 0 amide bonds. The van der Waals surface area contributed by atoms with Crippen molar-refractivity contribution in [2.45, 2.75) is 25.7 Å². The SMILES string of the molecule is O=C(O)c1ccccc1C(=O)c1ccc(F)c2c1CCCC2. The molecule has 0 bridgehead atoms. The quantitative estimate of drug-likeness (QED) is 0.880. The molecule has 0 radical (unpaired) electrons. The lowest BCUT2D eigenvalue weighted by atomic mass is 9.85. The van der Waals surface area contributed by atoms with E-state index in [9.17, 15) is 19.1 Å². The molecule has 0 aromatic heterocycles. The fourth-order valence-corrected chi connectivity index (χ4v) is 3.05. The molecule has 22 heavy (non-hydrogen) atoms. The number of halogens is 1. The smallest absolute Gasteiger partial charge is 0.336 e. The van der Waals surface area contributed by atoms with Crippen LogP contribution in [0.25, 0.3) is 0 Å². The van der Waals surface area contributed by atoms with Crippen molar-refractivity contribution in [3.8, 4) is 0 Å². The third-order valence-electron chi connectivity index (χ3n) is 4.12. The maximum Gasteiger partial charge on any atom is 0.336 e. The van der Waals surface area contributed by atoms with Crippen LogP contribution in [0.3, 0.4) is 0 Å². The number of rotatable bonds is 3. The molecule has 1 aliphatic rings. The van der Waals surface area contributed by atoms with Crippen molar-refractivity contribution in [3.63, 3.8) is 0 Å². The molecule has 112 valence electrons. The fraction of sp³-hybridized carbons (Fsp3) is 0.222. The van der Waals surface area contributed by atoms with Gasteiger partial charge in [0.2, 0.25) is 0 Å². The van der Waals surface area contributed by atoms with Crippen LogP contribution in [0.2, 0.25) is 0 Å². The summed E-state index contributed by atoms with van der Waals surface area (Å²) in [4.78, 5) is 24.1. The van der Waals surface area contributed by atoms with Crippen LogP contribution in [0.4, 0.5) is 4.39 Å². The van der Waals surface area contributed by atoms with Crippen molar-refractivity contribution in [1.82, 2.24) is 0 Å². The van der Waals surface area contributed by atoms with Crippen molar-refractivity contribution in [2.24, 2.45) is 0 Å². The molecule has 1 N–H and O–H groups in total. The topological polar surface area (TPSA) is 54.4 Å². The summed E-state index contributed by atoms with van der Waals surface area (Å²) in [5.74, 6) is -1.77. The highest BCUT2D eigenvalue weighted by Crippen LogP contribution is 2.29. The van der Waals surface area contributed by atoms with Crippen molar-refractivity contribution in [3.05, 3.63) is 70.0 Å². The van der Waals surface area contributed by atoms with E-state index in [4.69, 9.17) is 0 Å². The van der Waals surface area contributed by atoms with E-state index in [1.807, 2.05) is 0 Å². The normalized spacial score (nSPS) is 13.5. The third-order valence-corrected chi connectivity index (χ3v) is 4.12. The Labute approximate surface area is 127 Å². The van der Waals surface area contributed by atoms with Gasteiger partial charge in [-0.15, -0.1) is 0 Å². The summed E-state index contributed by atoms with van der Waals surface area (Å²) >= 11 is 0. The number of benzene rings is 2. The first-order chi connectivity index (χ1) is 10.6. The molecule has 0 spiro atoms. The highest BCUT2D eigenvalue weighted by molar-refractivity contribution is 6.15. The van der Waals surface area contributed by atoms with Crippen LogP contribution in [0, 0.1) is 5.82 Å². The fourth-order valence-electron chi connectivity index (χ4n) is 3.05. The van der Waals surface area contributed by atoms with E-state index in [0.29, 0.717) is 24.0 Å². The van der Waals surface area contributed by atoms with Gasteiger partial charge in [-0.05, 0) is 55.0 Å². The highest BCUT2D eigenvalue weighted by Gasteiger charge is 2.24. The lowest BCUT2D eigenvalue weighted by Gasteiger charge is -2.19. The molecule has 4 heteroatoms. The summed E-state index contributed by atoms with van der Waals surface area (Å²) in [5.41, 5.74) is 1.88. The minimum atomic E-state index is -1.14. The van der Waals surface area contributed by atoms with Gasteiger partial charge in [-0.2, -0.15) is 0 Å². The van der Waals surface area contributed by atoms with Gasteiger partial charge in [0, 0.05) is 11.1 Å². The van der Waals surface area contributed by atoms with Gasteiger partial charge < -0.3 is 5.11 Å². The number of carbonyl (C=O) groups excluding carboxylic acids is 1. The number of aromatic carboxylic acids is 1. The molecule has 0 unspecified atom stereocenters. The van der Waals surface area contributed by atoms with Crippen molar-refractivity contribution in [1.29, 1.82) is 0 Å². The van der Waals surface area contributed by atoms with Gasteiger partial charge in [-0.25, -0.2) is 9.18 Å². The Kier molecular flexibility index (Phi) is 3.75. The maximum atomic E-state index is 13.9. The molecule has 0 atom stereocenters. The van der Waals surface area contributed by atoms with Gasteiger partial charge in [0.25, 0.3) is 0 Å². The Morgan fingerprint density at radius 1 is 0.864 bits per heavy atom. The average molecular weight is 298 g/mol. The van der Waals surface area contributed by atoms with Crippen LogP contribution < -0.4 is 0 Å². The van der Waals surface area contributed by atoms with E-state index >= 15 is 0 Å². The van der Waals surface area contributed by atoms with Crippen molar-refractivity contribution in [2.75, 3.05) is 0 Å². The Morgan fingerprint density at radius 3 is 2.18 bits per heavy atom. The second-order valence-corrected chi connectivity index (χ2v) is 5.44. The van der Waals surface area contributed by atoms with E-state index in [1.54, 1.807) is 12.1 Å². The van der Waals surface area contributed by atoms with Gasteiger partial charge >= 0.3 is 5.97 Å². The molecule has 0 fully saturated rings. The van der Waals surface area contributed by atoms with Gasteiger partial charge in [-0.1, -0.05) is 18.2 Å². The van der Waals surface area contributed by atoms with Crippen LogP contribution in [-0.2, 0) is 12.8 Å². The van der Waals surface area contributed by atoms with Crippen LogP contribution >= 0.6 is 0 Å². The first kappa shape index (κ1) is 14.4. The Hall–Kier alpha value is -2.49. The maximum absolute atomic E-state index is 13.9. The van der Waals surface area contributed by atoms with Crippen LogP contribution in [0.1, 0.15) is 50.2 Å². The van der Waals surface area contributed by atoms with E-state index in [-0.39, 0.29) is 22.7 Å². The molecule has 1 aliphatic carbocycles. The standard InChI is InChI=1S/C18H15FO3/c19-16-10-9-14(11-5-1-2-6-12(11)16)17(20)13-7-3-4-8-15(13)18(21)22/h3-4,7-10H,1-2,5-6H2,(H,21,22). The molecule has 0 aliphatic heterocycles. The number of hydrogen-bond acceptors (Lipinski definition) is 2. The molecular formula is C18H15FO3. The molecule has 3 rings (SSSR count). The molecule has 0 saturated heterocycles. The Morgan fingerprint density at radius 2 is 1.50 bits per heavy atom. The monoisotopic (exact) mass is 298 g/mol. The number of carboxylic acid groups (broad SMARTS) is 1. The molecule has 0 heterocycles. The van der Waals surface area contributed by atoms with Crippen LogP contribution in [-0.4, -0.2) is 16.9 Å². The second kappa shape index (κ2) is 5.72. The van der Waals surface area contributed by atoms with Crippen LogP contribution in [0.5, 0.6) is 0 Å². The van der Waals surface area contributed by atoms with Crippen LogP contribution in [0.15, 0.2) is 36.4 Å². The largest absolute Gasteiger partial charge is 0.478 e. The van der Waals surface area contributed by atoms with Gasteiger partial charge in [0.05, 0.1) is 5.56 Å². The molecule has 0 saturated carbocycles. The summed E-state index contributed by atoms with van der Waals surface area (Å²) in [6.45, 7) is 0. The zero-order chi connectivity index (χ0) is 15.7. The lowest BCUT2D eigenvalue weighted by Crippen LogP contribution is -2.15. The van der Waals surface area contributed by atoms with Gasteiger partial charge in [0.1, 0.15) is 5.82 Å². The first-order valence-electron chi connectivity index (χ1n) is 7.27. The number of ketones is 1. The number of hydrogen-bond donors (Lipinski definition) is 1. The zero-order valence-electron chi connectivity index (χ0n) is 11.9. The van der Waals surface area contributed by atoms with Gasteiger partial charge in [-0.3, -0.25) is 4.79 Å². The average Bonchev–Trinajstić information content (AvgIpc) is 2.55. The predicted molar refractivity (Wildman–Crippen MR) is 79.9 cm³/mol. The first-order valence-corrected chi connectivity index (χ1v) is 7.27. The third kappa shape index (κ3) is 2.41. The molecule has 2 aromatic carbocycles. The molecule has 3 nitrogen and oxygen atoms in total. The number of carbonyl (C=O) groups is 2. The summed E-state index contributed by atoms with van der Waals surface area (Å²) < 4.78 is 13.9. The molecular weight excluding hydrogens is 283 g/mol.